The van der Waals surface area contributed by atoms with E-state index >= 15 is 0 Å². The molecule has 1 aromatic carbocycles. The maximum Gasteiger partial charge on any atom is 0.255 e. The van der Waals surface area contributed by atoms with E-state index in [-0.39, 0.29) is 5.91 Å². The Bertz CT molecular complexity index is 429. The van der Waals surface area contributed by atoms with Crippen molar-refractivity contribution in [3.05, 3.63) is 47.5 Å². The number of rotatable bonds is 2. The lowest BCUT2D eigenvalue weighted by atomic mass is 10.1. The van der Waals surface area contributed by atoms with E-state index in [1.807, 2.05) is 0 Å². The fraction of sp³-hybridized carbons (Fsp3) is 0.250. The van der Waals surface area contributed by atoms with Gasteiger partial charge in [-0.2, -0.15) is 0 Å². The molecule has 2 rings (SSSR count). The molecule has 1 aliphatic heterocycles. The van der Waals surface area contributed by atoms with Crippen LogP contribution in [0, 0.1) is 5.82 Å². The third kappa shape index (κ3) is 2.59. The van der Waals surface area contributed by atoms with Gasteiger partial charge in [-0.1, -0.05) is 6.07 Å². The van der Waals surface area contributed by atoms with Crippen LogP contribution in [0.4, 0.5) is 4.39 Å². The number of amides is 1. The van der Waals surface area contributed by atoms with Gasteiger partial charge in [-0.25, -0.2) is 4.39 Å². The van der Waals surface area contributed by atoms with E-state index in [4.69, 9.17) is 0 Å². The first-order valence-corrected chi connectivity index (χ1v) is 5.25. The highest BCUT2D eigenvalue weighted by atomic mass is 19.1. The van der Waals surface area contributed by atoms with Crippen molar-refractivity contribution < 1.29 is 9.18 Å². The molecule has 0 saturated carbocycles. The van der Waals surface area contributed by atoms with E-state index in [0.717, 1.165) is 25.1 Å². The second kappa shape index (κ2) is 4.79. The smallest absolute Gasteiger partial charge is 0.255 e. The van der Waals surface area contributed by atoms with Crippen molar-refractivity contribution >= 4 is 5.91 Å². The van der Waals surface area contributed by atoms with Crippen LogP contribution >= 0.6 is 0 Å². The van der Waals surface area contributed by atoms with Gasteiger partial charge in [-0.05, 0) is 31.0 Å². The molecule has 2 N–H and O–H groups in total. The number of hydrogen-bond acceptors (Lipinski definition) is 2. The highest BCUT2D eigenvalue weighted by Gasteiger charge is 2.09. The van der Waals surface area contributed by atoms with Crippen LogP contribution in [0.15, 0.2) is 36.2 Å². The largest absolute Gasteiger partial charge is 0.389 e. The van der Waals surface area contributed by atoms with Gasteiger partial charge in [0, 0.05) is 24.0 Å². The molecule has 0 saturated heterocycles. The summed E-state index contributed by atoms with van der Waals surface area (Å²) in [6.07, 6.45) is 3.63. The molecule has 4 heteroatoms. The molecule has 0 radical (unpaired) electrons. The molecule has 16 heavy (non-hydrogen) atoms. The van der Waals surface area contributed by atoms with Gasteiger partial charge in [0.05, 0.1) is 0 Å². The second-order valence-corrected chi connectivity index (χ2v) is 3.69. The van der Waals surface area contributed by atoms with E-state index in [1.165, 1.54) is 18.2 Å². The Morgan fingerprint density at radius 2 is 2.31 bits per heavy atom. The molecular formula is C12H13FN2O. The zero-order chi connectivity index (χ0) is 11.4. The number of carbonyl (C=O) groups excluding carboxylic acids is 1. The standard InChI is InChI=1S/C12H13FN2O/c13-10-4-1-3-9(7-10)12(16)15-11-5-2-6-14-8-11/h1,3-4,7-8,14H,2,5-6H2,(H,15,16). The summed E-state index contributed by atoms with van der Waals surface area (Å²) in [7, 11) is 0. The molecule has 84 valence electrons. The Hall–Kier alpha value is -1.84. The van der Waals surface area contributed by atoms with Crippen LogP contribution in [-0.2, 0) is 0 Å². The lowest BCUT2D eigenvalue weighted by Crippen LogP contribution is -2.27. The van der Waals surface area contributed by atoms with Gasteiger partial charge in [0.2, 0.25) is 0 Å². The van der Waals surface area contributed by atoms with Crippen molar-refractivity contribution in [1.29, 1.82) is 0 Å². The van der Waals surface area contributed by atoms with Crippen molar-refractivity contribution in [1.82, 2.24) is 10.6 Å². The lowest BCUT2D eigenvalue weighted by Gasteiger charge is -2.15. The number of benzene rings is 1. The van der Waals surface area contributed by atoms with Crippen LogP contribution in [0.5, 0.6) is 0 Å². The minimum atomic E-state index is -0.400. The Morgan fingerprint density at radius 3 is 3.00 bits per heavy atom. The molecule has 0 bridgehead atoms. The summed E-state index contributed by atoms with van der Waals surface area (Å²) >= 11 is 0. The van der Waals surface area contributed by atoms with Crippen LogP contribution in [0.1, 0.15) is 23.2 Å². The second-order valence-electron chi connectivity index (χ2n) is 3.69. The summed E-state index contributed by atoms with van der Waals surface area (Å²) in [5.74, 6) is -0.669. The molecule has 0 atom stereocenters. The Labute approximate surface area is 93.4 Å². The quantitative estimate of drug-likeness (QED) is 0.797. The van der Waals surface area contributed by atoms with Gasteiger partial charge in [0.15, 0.2) is 0 Å². The molecule has 0 aromatic heterocycles. The first kappa shape index (κ1) is 10.7. The van der Waals surface area contributed by atoms with E-state index < -0.39 is 5.82 Å². The van der Waals surface area contributed by atoms with Crippen LogP contribution < -0.4 is 10.6 Å². The highest BCUT2D eigenvalue weighted by Crippen LogP contribution is 2.08. The number of carbonyl (C=O) groups is 1. The minimum absolute atomic E-state index is 0.269. The summed E-state index contributed by atoms with van der Waals surface area (Å²) in [6, 6.07) is 5.66. The molecular weight excluding hydrogens is 207 g/mol. The number of halogens is 1. The predicted octanol–water partition coefficient (Wildman–Crippen LogP) is 1.78. The number of hydrogen-bond donors (Lipinski definition) is 2. The van der Waals surface area contributed by atoms with Crippen LogP contribution in [0.25, 0.3) is 0 Å². The monoisotopic (exact) mass is 220 g/mol. The maximum absolute atomic E-state index is 12.9. The summed E-state index contributed by atoms with van der Waals surface area (Å²) in [5, 5.41) is 5.81. The highest BCUT2D eigenvalue weighted by molar-refractivity contribution is 5.95. The van der Waals surface area contributed by atoms with Crippen LogP contribution in [0.3, 0.4) is 0 Å². The van der Waals surface area contributed by atoms with E-state index in [2.05, 4.69) is 10.6 Å². The normalized spacial score (nSPS) is 14.9. The van der Waals surface area contributed by atoms with Crippen molar-refractivity contribution in [2.24, 2.45) is 0 Å². The van der Waals surface area contributed by atoms with Gasteiger partial charge in [-0.3, -0.25) is 4.79 Å². The summed E-state index contributed by atoms with van der Waals surface area (Å²) in [6.45, 7) is 0.930. The molecule has 0 aliphatic carbocycles. The average Bonchev–Trinajstić information content (AvgIpc) is 2.30. The molecule has 0 unspecified atom stereocenters. The summed E-state index contributed by atoms with van der Waals surface area (Å²) < 4.78 is 12.9. The average molecular weight is 220 g/mol. The number of allylic oxidation sites excluding steroid dienone is 1. The van der Waals surface area contributed by atoms with Crippen molar-refractivity contribution in [2.75, 3.05) is 6.54 Å². The molecule has 1 aromatic rings. The summed E-state index contributed by atoms with van der Waals surface area (Å²) in [5.41, 5.74) is 1.19. The van der Waals surface area contributed by atoms with Crippen molar-refractivity contribution in [3.8, 4) is 0 Å². The third-order valence-corrected chi connectivity index (χ3v) is 2.40. The Morgan fingerprint density at radius 1 is 1.44 bits per heavy atom. The topological polar surface area (TPSA) is 41.1 Å². The van der Waals surface area contributed by atoms with Crippen LogP contribution in [0.2, 0.25) is 0 Å². The van der Waals surface area contributed by atoms with Crippen LogP contribution in [-0.4, -0.2) is 12.5 Å². The maximum atomic E-state index is 12.9. The Kier molecular flexibility index (Phi) is 3.19. The Balaban J connectivity index is 2.05. The van der Waals surface area contributed by atoms with Gasteiger partial charge in [0.25, 0.3) is 5.91 Å². The molecule has 1 aliphatic rings. The number of nitrogens with one attached hydrogen (secondary N) is 2. The molecule has 0 spiro atoms. The zero-order valence-corrected chi connectivity index (χ0v) is 8.79. The van der Waals surface area contributed by atoms with E-state index in [1.54, 1.807) is 12.3 Å². The van der Waals surface area contributed by atoms with Gasteiger partial charge in [0.1, 0.15) is 5.82 Å². The lowest BCUT2D eigenvalue weighted by molar-refractivity contribution is 0.0963. The first-order chi connectivity index (χ1) is 7.75. The van der Waals surface area contributed by atoms with E-state index in [0.29, 0.717) is 5.56 Å². The minimum Gasteiger partial charge on any atom is -0.389 e. The van der Waals surface area contributed by atoms with Gasteiger partial charge < -0.3 is 10.6 Å². The molecule has 1 heterocycles. The van der Waals surface area contributed by atoms with Crippen molar-refractivity contribution in [2.45, 2.75) is 12.8 Å². The zero-order valence-electron chi connectivity index (χ0n) is 8.79. The SMILES string of the molecule is O=C(NC1=CNCCC1)c1cccc(F)c1. The van der Waals surface area contributed by atoms with E-state index in [9.17, 15) is 9.18 Å². The molecule has 3 nitrogen and oxygen atoms in total. The fourth-order valence-corrected chi connectivity index (χ4v) is 1.59. The van der Waals surface area contributed by atoms with Crippen molar-refractivity contribution in [3.63, 3.8) is 0 Å². The van der Waals surface area contributed by atoms with Gasteiger partial charge in [-0.15, -0.1) is 0 Å². The molecule has 1 amide bonds. The third-order valence-electron chi connectivity index (χ3n) is 2.40. The van der Waals surface area contributed by atoms with Gasteiger partial charge >= 0.3 is 0 Å². The summed E-state index contributed by atoms with van der Waals surface area (Å²) in [4.78, 5) is 11.7. The molecule has 0 fully saturated rings. The first-order valence-electron chi connectivity index (χ1n) is 5.25. The predicted molar refractivity (Wildman–Crippen MR) is 59.2 cm³/mol. The fourth-order valence-electron chi connectivity index (χ4n) is 1.59.